The standard InChI is InChI=1S/3C10H18N2.C10H14N2.4C2H6O2.4Fe.4H2O/c4*1-3-7-11-9(5-1)10-6-2-4-8-12-10;4*1-2(3)4;;;;;;;;/h3*9-10H,1-8H2;1,3,5,10H,2,4,6-8H2;4*2-4H,1H3;;;;;4*1H2/q4*-2;;;;;+2;3*+3;;;;. The Bertz CT molecular complexity index is 940. The number of rotatable bonds is 4. The molecule has 16 N–H and O–H groups in total. The second kappa shape index (κ2) is 60.8. The van der Waals surface area contributed by atoms with E-state index >= 15 is 0 Å². The van der Waals surface area contributed by atoms with Crippen molar-refractivity contribution in [1.82, 2.24) is 0 Å². The van der Waals surface area contributed by atoms with E-state index in [1.54, 1.807) is 0 Å². The second-order valence-corrected chi connectivity index (χ2v) is 17.6. The number of aliphatic hydroxyl groups is 8. The van der Waals surface area contributed by atoms with Crippen molar-refractivity contribution in [2.75, 3.05) is 52.4 Å². The number of nitrogens with zero attached hydrogens (tertiary/aromatic N) is 8. The summed E-state index contributed by atoms with van der Waals surface area (Å²) < 4.78 is 0. The van der Waals surface area contributed by atoms with Crippen molar-refractivity contribution in [3.05, 3.63) is 66.5 Å². The molecule has 7 saturated heterocycles. The maximum atomic E-state index is 7.61. The van der Waals surface area contributed by atoms with Gasteiger partial charge < -0.3 is 105 Å². The van der Waals surface area contributed by atoms with E-state index in [2.05, 4.69) is 60.8 Å². The van der Waals surface area contributed by atoms with Gasteiger partial charge in [-0.05, 0) is 27.7 Å². The second-order valence-electron chi connectivity index (χ2n) is 17.6. The molecule has 3 radical (unpaired) electrons. The fourth-order valence-corrected chi connectivity index (χ4v) is 8.45. The summed E-state index contributed by atoms with van der Waals surface area (Å²) in [4.78, 5) is 0. The van der Waals surface area contributed by atoms with E-state index in [9.17, 15) is 0 Å². The normalized spacial score (nSPS) is 25.9. The maximum Gasteiger partial charge on any atom is 3.00 e. The van der Waals surface area contributed by atoms with Crippen LogP contribution in [0.3, 0.4) is 0 Å². The molecule has 8 rings (SSSR count). The molecule has 0 aromatic carbocycles. The van der Waals surface area contributed by atoms with Crippen molar-refractivity contribution in [3.8, 4) is 0 Å². The average Bonchev–Trinajstić information content (AvgIpc) is 3.31. The first-order chi connectivity index (χ1) is 30.8. The molecule has 20 nitrogen and oxygen atoms in total. The Hall–Kier alpha value is 0.598. The predicted molar refractivity (Wildman–Crippen MR) is 277 cm³/mol. The fraction of sp³-hybridized carbons (Fsp3) is 0.917. The van der Waals surface area contributed by atoms with E-state index in [-0.39, 0.29) is 90.2 Å². The van der Waals surface area contributed by atoms with Gasteiger partial charge in [-0.1, -0.05) is 147 Å². The summed E-state index contributed by atoms with van der Waals surface area (Å²) in [5, 5.41) is 97.8. The van der Waals surface area contributed by atoms with E-state index in [0.717, 1.165) is 52.4 Å². The van der Waals surface area contributed by atoms with Crippen molar-refractivity contribution in [2.45, 2.75) is 230 Å². The van der Waals surface area contributed by atoms with E-state index in [1.807, 2.05) is 0 Å². The van der Waals surface area contributed by atoms with Gasteiger partial charge in [0.1, 0.15) is 25.2 Å². The third-order valence-electron chi connectivity index (χ3n) is 11.3. The zero-order valence-electron chi connectivity index (χ0n) is 43.7. The summed E-state index contributed by atoms with van der Waals surface area (Å²) >= 11 is 0. The summed E-state index contributed by atoms with van der Waals surface area (Å²) in [5.74, 6) is 0. The van der Waals surface area contributed by atoms with Gasteiger partial charge in [0.2, 0.25) is 0 Å². The van der Waals surface area contributed by atoms with Crippen LogP contribution >= 0.6 is 0 Å². The first kappa shape index (κ1) is 89.2. The van der Waals surface area contributed by atoms with E-state index in [4.69, 9.17) is 40.9 Å². The minimum atomic E-state index is -1.17. The van der Waals surface area contributed by atoms with Gasteiger partial charge >= 0.3 is 68.3 Å². The zero-order valence-corrected chi connectivity index (χ0v) is 48.1. The molecule has 7 atom stereocenters. The number of aliphatic hydroxyl groups excluding tert-OH is 4. The van der Waals surface area contributed by atoms with Crippen LogP contribution in [0.15, 0.2) is 23.9 Å². The molecule has 0 bridgehead atoms. The Kier molecular flexibility index (Phi) is 75.3. The molecule has 7 fully saturated rings. The van der Waals surface area contributed by atoms with E-state index in [0.29, 0.717) is 42.3 Å². The van der Waals surface area contributed by atoms with Crippen LogP contribution in [0.25, 0.3) is 42.5 Å². The van der Waals surface area contributed by atoms with Crippen molar-refractivity contribution >= 4 is 0 Å². The topological polar surface area (TPSA) is 401 Å². The minimum absolute atomic E-state index is 0. The molecule has 433 valence electrons. The fourth-order valence-electron chi connectivity index (χ4n) is 8.45. The van der Waals surface area contributed by atoms with Crippen LogP contribution < -0.4 is 0 Å². The maximum absolute atomic E-state index is 7.61. The van der Waals surface area contributed by atoms with Gasteiger partial charge in [0.05, 0.1) is 0 Å². The summed E-state index contributed by atoms with van der Waals surface area (Å²) in [6, 6.07) is 3.98. The largest absolute Gasteiger partial charge is 3.00 e. The summed E-state index contributed by atoms with van der Waals surface area (Å²) in [6.07, 6.45) is 29.3. The van der Waals surface area contributed by atoms with Gasteiger partial charge in [-0.15, -0.1) is 64.5 Å². The Morgan fingerprint density at radius 1 is 0.361 bits per heavy atom. The molecule has 0 amide bonds. The Balaban J connectivity index is -0.000000111. The van der Waals surface area contributed by atoms with E-state index in [1.165, 1.54) is 168 Å². The van der Waals surface area contributed by atoms with Gasteiger partial charge in [-0.3, -0.25) is 0 Å². The average molecular weight is 1200 g/mol. The molecule has 72 heavy (non-hydrogen) atoms. The van der Waals surface area contributed by atoms with Gasteiger partial charge in [0.15, 0.2) is 0 Å². The quantitative estimate of drug-likeness (QED) is 0.136. The first-order valence-corrected chi connectivity index (χ1v) is 24.9. The first-order valence-electron chi connectivity index (χ1n) is 24.9. The Labute approximate surface area is 477 Å². The van der Waals surface area contributed by atoms with Crippen LogP contribution in [-0.4, -0.2) is 183 Å². The Morgan fingerprint density at radius 3 is 0.722 bits per heavy atom. The molecule has 8 aliphatic rings. The van der Waals surface area contributed by atoms with Crippen molar-refractivity contribution in [3.63, 3.8) is 0 Å². The number of allylic oxidation sites excluding steroid dienone is 2. The van der Waals surface area contributed by atoms with Crippen LogP contribution in [0.1, 0.15) is 163 Å². The van der Waals surface area contributed by atoms with Gasteiger partial charge in [0.25, 0.3) is 0 Å². The Morgan fingerprint density at radius 2 is 0.569 bits per heavy atom. The van der Waals surface area contributed by atoms with Crippen molar-refractivity contribution < 1.29 is 131 Å². The molecule has 0 aliphatic carbocycles. The SMILES string of the molecule is C1=CC[N-]C(C2CCCC[N-]2)=C1.C1CCC(C2CCCC[N-]2)[N-]C1.C1CCC(C2CCCC[N-]2)[N-]C1.C1CCC(C2CCCC[N-]2)[N-]C1.CC(O)O.CC(O)O.CC(O)O.CC(O)O.O.O.O.O.[Fe+2].[Fe+3].[Fe+3].[Fe+3]. The van der Waals surface area contributed by atoms with E-state index < -0.39 is 25.2 Å². The van der Waals surface area contributed by atoms with Gasteiger partial charge in [-0.2, -0.15) is 41.9 Å². The summed E-state index contributed by atoms with van der Waals surface area (Å²) in [6.45, 7) is 13.5. The van der Waals surface area contributed by atoms with Crippen molar-refractivity contribution in [2.24, 2.45) is 0 Å². The molecule has 8 heterocycles. The molecule has 24 heteroatoms. The number of hydrogen-bond donors (Lipinski definition) is 8. The molecule has 7 unspecified atom stereocenters. The summed E-state index contributed by atoms with van der Waals surface area (Å²) in [7, 11) is 0. The van der Waals surface area contributed by atoms with Crippen LogP contribution in [0.4, 0.5) is 0 Å². The molecule has 0 aromatic heterocycles. The van der Waals surface area contributed by atoms with Crippen LogP contribution in [0.5, 0.6) is 0 Å². The molecular weight excluding hydrogens is 1100 g/mol. The number of hydrogen-bond acceptors (Lipinski definition) is 8. The predicted octanol–water partition coefficient (Wildman–Crippen LogP) is 5.22. The molecular formula is C48H100Fe4N8O12+3. The molecule has 0 aromatic rings. The number of piperidine rings is 7. The van der Waals surface area contributed by atoms with Crippen LogP contribution in [-0.2, 0) is 68.3 Å². The van der Waals surface area contributed by atoms with Crippen LogP contribution in [0, 0.1) is 0 Å². The monoisotopic (exact) mass is 1200 g/mol. The van der Waals surface area contributed by atoms with Gasteiger partial charge in [-0.25, -0.2) is 0 Å². The van der Waals surface area contributed by atoms with Gasteiger partial charge in [0, 0.05) is 0 Å². The third kappa shape index (κ3) is 52.6. The summed E-state index contributed by atoms with van der Waals surface area (Å²) in [5.41, 5.74) is 1.19. The smallest absolute Gasteiger partial charge is 0.686 e. The third-order valence-corrected chi connectivity index (χ3v) is 11.3. The molecule has 8 aliphatic heterocycles. The van der Waals surface area contributed by atoms with Crippen molar-refractivity contribution in [1.29, 1.82) is 0 Å². The van der Waals surface area contributed by atoms with Crippen LogP contribution in [0.2, 0.25) is 0 Å². The zero-order chi connectivity index (χ0) is 47.2. The molecule has 0 saturated carbocycles. The minimum Gasteiger partial charge on any atom is -0.686 e. The molecule has 0 spiro atoms.